The van der Waals surface area contributed by atoms with Crippen LogP contribution in [0, 0.1) is 13.8 Å². The lowest BCUT2D eigenvalue weighted by Crippen LogP contribution is -2.51. The van der Waals surface area contributed by atoms with Gasteiger partial charge in [-0.1, -0.05) is 31.2 Å². The number of rotatable bonds is 2. The average molecular weight is 352 g/mol. The fraction of sp³-hybridized carbons (Fsp3) is 0.286. The molecule has 5 heteroatoms. The van der Waals surface area contributed by atoms with Crippen LogP contribution in [0.1, 0.15) is 48.8 Å². The molecule has 26 heavy (non-hydrogen) atoms. The third-order valence-electron chi connectivity index (χ3n) is 5.60. The van der Waals surface area contributed by atoms with Crippen molar-refractivity contribution in [2.24, 2.45) is 0 Å². The SMILES string of the molecule is CCc1ccccc1C1=C2C(C)=CC(C)=[N+]2[B-](F)(F)n2c(C)cc(C)c21. The Morgan fingerprint density at radius 3 is 2.46 bits per heavy atom. The fourth-order valence-electron chi connectivity index (χ4n) is 4.63. The topological polar surface area (TPSA) is 7.94 Å². The molecule has 1 aromatic heterocycles. The lowest BCUT2D eigenvalue weighted by atomic mass is 9.82. The summed E-state index contributed by atoms with van der Waals surface area (Å²) in [5, 5.41) is 0. The Labute approximate surface area is 153 Å². The number of benzene rings is 1. The predicted molar refractivity (Wildman–Crippen MR) is 104 cm³/mol. The van der Waals surface area contributed by atoms with E-state index in [1.807, 2.05) is 38.1 Å². The van der Waals surface area contributed by atoms with E-state index < -0.39 is 6.97 Å². The lowest BCUT2D eigenvalue weighted by molar-refractivity contribution is -0.363. The maximum absolute atomic E-state index is 15.6. The number of halogens is 2. The Hall–Kier alpha value is -2.43. The van der Waals surface area contributed by atoms with Gasteiger partial charge in [0.05, 0.1) is 5.57 Å². The van der Waals surface area contributed by atoms with Crippen molar-refractivity contribution < 1.29 is 13.1 Å². The van der Waals surface area contributed by atoms with E-state index in [2.05, 4.69) is 19.1 Å². The number of allylic oxidation sites excluding steroid dienone is 2. The highest BCUT2D eigenvalue weighted by atomic mass is 19.2. The summed E-state index contributed by atoms with van der Waals surface area (Å²) in [7, 11) is 0. The molecule has 134 valence electrons. The summed E-state index contributed by atoms with van der Waals surface area (Å²) in [4.78, 5) is 0. The molecule has 0 spiro atoms. The molecule has 0 fully saturated rings. The summed E-state index contributed by atoms with van der Waals surface area (Å²) in [6.07, 6.45) is 2.73. The van der Waals surface area contributed by atoms with E-state index in [1.54, 1.807) is 13.8 Å². The number of hydrogen-bond acceptors (Lipinski definition) is 0. The van der Waals surface area contributed by atoms with Crippen LogP contribution in [-0.2, 0) is 6.42 Å². The first-order valence-corrected chi connectivity index (χ1v) is 9.14. The summed E-state index contributed by atoms with van der Waals surface area (Å²) in [5.41, 5.74) is 7.45. The molecule has 0 aliphatic carbocycles. The molecule has 0 radical (unpaired) electrons. The van der Waals surface area contributed by atoms with Gasteiger partial charge in [-0.3, -0.25) is 0 Å². The highest BCUT2D eigenvalue weighted by Gasteiger charge is 2.55. The zero-order chi connectivity index (χ0) is 18.8. The van der Waals surface area contributed by atoms with Gasteiger partial charge in [0, 0.05) is 24.3 Å². The largest absolute Gasteiger partial charge is 0.737 e. The Morgan fingerprint density at radius 1 is 1.08 bits per heavy atom. The monoisotopic (exact) mass is 352 g/mol. The third kappa shape index (κ3) is 2.06. The van der Waals surface area contributed by atoms with Gasteiger partial charge in [0.1, 0.15) is 5.71 Å². The van der Waals surface area contributed by atoms with E-state index in [0.717, 1.165) is 28.7 Å². The molecule has 3 heterocycles. The first-order valence-electron chi connectivity index (χ1n) is 9.14. The number of aryl methyl sites for hydroxylation is 3. The van der Waals surface area contributed by atoms with Gasteiger partial charge in [0.25, 0.3) is 0 Å². The van der Waals surface area contributed by atoms with E-state index in [0.29, 0.717) is 22.8 Å². The van der Waals surface area contributed by atoms with Crippen molar-refractivity contribution in [3.63, 3.8) is 0 Å². The zero-order valence-electron chi connectivity index (χ0n) is 15.9. The zero-order valence-corrected chi connectivity index (χ0v) is 15.9. The van der Waals surface area contributed by atoms with Crippen LogP contribution in [0.3, 0.4) is 0 Å². The second-order valence-corrected chi connectivity index (χ2v) is 7.35. The molecule has 0 unspecified atom stereocenters. The number of aromatic nitrogens is 1. The van der Waals surface area contributed by atoms with Gasteiger partial charge < -0.3 is 17.6 Å². The average Bonchev–Trinajstić information content (AvgIpc) is 3.05. The van der Waals surface area contributed by atoms with Crippen LogP contribution < -0.4 is 0 Å². The van der Waals surface area contributed by atoms with E-state index in [4.69, 9.17) is 0 Å². The van der Waals surface area contributed by atoms with Crippen molar-refractivity contribution in [2.75, 3.05) is 0 Å². The van der Waals surface area contributed by atoms with Crippen LogP contribution in [0.4, 0.5) is 8.63 Å². The van der Waals surface area contributed by atoms with Gasteiger partial charge in [0.15, 0.2) is 5.70 Å². The van der Waals surface area contributed by atoms with Crippen molar-refractivity contribution >= 4 is 18.3 Å². The summed E-state index contributed by atoms with van der Waals surface area (Å²) in [6.45, 7) is 5.60. The summed E-state index contributed by atoms with van der Waals surface area (Å²) >= 11 is 0. The lowest BCUT2D eigenvalue weighted by Gasteiger charge is -2.34. The van der Waals surface area contributed by atoms with Gasteiger partial charge in [-0.05, 0) is 55.6 Å². The van der Waals surface area contributed by atoms with Gasteiger partial charge >= 0.3 is 6.97 Å². The number of fused-ring (bicyclic) bond motifs is 2. The maximum atomic E-state index is 15.6. The molecule has 0 amide bonds. The first-order chi connectivity index (χ1) is 12.3. The van der Waals surface area contributed by atoms with Gasteiger partial charge in [-0.15, -0.1) is 0 Å². The highest BCUT2D eigenvalue weighted by molar-refractivity contribution is 6.58. The second kappa shape index (κ2) is 5.53. The molecule has 1 aromatic carbocycles. The Balaban J connectivity index is 2.20. The quantitative estimate of drug-likeness (QED) is 0.665. The minimum atomic E-state index is -3.91. The molecule has 0 N–H and O–H groups in total. The Kier molecular flexibility index (Phi) is 3.62. The Bertz CT molecular complexity index is 1040. The molecule has 4 rings (SSSR count). The predicted octanol–water partition coefficient (Wildman–Crippen LogP) is 5.10. The molecule has 2 aliphatic rings. The maximum Gasteiger partial charge on any atom is 0.737 e. The van der Waals surface area contributed by atoms with Crippen LogP contribution in [0.25, 0.3) is 5.57 Å². The van der Waals surface area contributed by atoms with E-state index in [-0.39, 0.29) is 0 Å². The Morgan fingerprint density at radius 2 is 1.77 bits per heavy atom. The molecule has 0 saturated heterocycles. The summed E-state index contributed by atoms with van der Waals surface area (Å²) < 4.78 is 33.7. The molecular formula is C21H23BF2N2. The standard InChI is InChI=1S/C21H23BF2N2/c1-6-17-9-7-8-10-18(17)19-20-13(2)11-15(4)25(20)22(23,24)26-16(5)12-14(3)21(19)26/h7-12H,6H2,1-5H3. The molecule has 2 nitrogen and oxygen atoms in total. The van der Waals surface area contributed by atoms with Crippen molar-refractivity contribution in [3.05, 3.63) is 75.8 Å². The molecule has 2 aromatic rings. The summed E-state index contributed by atoms with van der Waals surface area (Å²) in [6, 6.07) is 10.0. The molecule has 0 saturated carbocycles. The highest BCUT2D eigenvalue weighted by Crippen LogP contribution is 2.44. The normalized spacial score (nSPS) is 18.2. The number of nitrogens with zero attached hydrogens (tertiary/aromatic N) is 2. The van der Waals surface area contributed by atoms with E-state index in [1.165, 1.54) is 14.5 Å². The van der Waals surface area contributed by atoms with Gasteiger partial charge in [0.2, 0.25) is 0 Å². The van der Waals surface area contributed by atoms with E-state index in [9.17, 15) is 0 Å². The van der Waals surface area contributed by atoms with Crippen molar-refractivity contribution in [3.8, 4) is 0 Å². The number of hydrogen-bond donors (Lipinski definition) is 0. The molecule has 2 aliphatic heterocycles. The molecular weight excluding hydrogens is 329 g/mol. The van der Waals surface area contributed by atoms with Crippen LogP contribution >= 0.6 is 0 Å². The van der Waals surface area contributed by atoms with E-state index >= 15 is 8.63 Å². The second-order valence-electron chi connectivity index (χ2n) is 7.35. The van der Waals surface area contributed by atoms with Crippen molar-refractivity contribution in [1.29, 1.82) is 0 Å². The molecule has 0 bridgehead atoms. The first kappa shape index (κ1) is 17.0. The van der Waals surface area contributed by atoms with Crippen LogP contribution in [0.5, 0.6) is 0 Å². The van der Waals surface area contributed by atoms with Crippen LogP contribution in [0.2, 0.25) is 0 Å². The van der Waals surface area contributed by atoms with Crippen LogP contribution in [0.15, 0.2) is 47.7 Å². The fourth-order valence-corrected chi connectivity index (χ4v) is 4.63. The van der Waals surface area contributed by atoms with Gasteiger partial charge in [-0.2, -0.15) is 0 Å². The van der Waals surface area contributed by atoms with Gasteiger partial charge in [-0.25, -0.2) is 0 Å². The van der Waals surface area contributed by atoms with Crippen LogP contribution in [-0.4, -0.2) is 21.6 Å². The van der Waals surface area contributed by atoms with Crippen molar-refractivity contribution in [1.82, 2.24) is 4.48 Å². The smallest absolute Gasteiger partial charge is 0.393 e. The minimum absolute atomic E-state index is 0.602. The minimum Gasteiger partial charge on any atom is -0.393 e. The van der Waals surface area contributed by atoms with Crippen molar-refractivity contribution in [2.45, 2.75) is 41.0 Å². The molecule has 0 atom stereocenters. The third-order valence-corrected chi connectivity index (χ3v) is 5.60. The summed E-state index contributed by atoms with van der Waals surface area (Å²) in [5.74, 6) is 0.